The molecule has 0 aromatic heterocycles. The maximum Gasteiger partial charge on any atom is 0.251 e. The van der Waals surface area contributed by atoms with Crippen molar-refractivity contribution in [3.05, 3.63) is 33.8 Å². The van der Waals surface area contributed by atoms with Crippen LogP contribution in [-0.2, 0) is 0 Å². The Hall–Kier alpha value is -0.970. The van der Waals surface area contributed by atoms with Crippen LogP contribution >= 0.6 is 15.9 Å². The largest absolute Gasteiger partial charge is 0.355 e. The predicted octanol–water partition coefficient (Wildman–Crippen LogP) is 2.09. The lowest BCUT2D eigenvalue weighted by Crippen LogP contribution is -2.18. The van der Waals surface area contributed by atoms with Crippen LogP contribution in [0.1, 0.15) is 10.4 Å². The minimum absolute atomic E-state index is 0.0638. The molecule has 0 spiro atoms. The van der Waals surface area contributed by atoms with Crippen LogP contribution in [0.3, 0.4) is 0 Å². The van der Waals surface area contributed by atoms with Gasteiger partial charge in [-0.05, 0) is 28.1 Å². The fourth-order valence-electron chi connectivity index (χ4n) is 0.831. The summed E-state index contributed by atoms with van der Waals surface area (Å²) in [5.74, 6) is -2.50. The molecule has 1 rings (SSSR count). The SMILES string of the molecule is CNC(=O)c1cc(F)c(F)c(Br)c1. The van der Waals surface area contributed by atoms with Gasteiger partial charge in [-0.15, -0.1) is 0 Å². The fourth-order valence-corrected chi connectivity index (χ4v) is 1.27. The molecule has 2 nitrogen and oxygen atoms in total. The maximum absolute atomic E-state index is 12.8. The average molecular weight is 250 g/mol. The molecule has 0 unspecified atom stereocenters. The molecule has 1 aromatic rings. The lowest BCUT2D eigenvalue weighted by Gasteiger charge is -2.01. The smallest absolute Gasteiger partial charge is 0.251 e. The molecule has 0 saturated heterocycles. The highest BCUT2D eigenvalue weighted by atomic mass is 79.9. The Kier molecular flexibility index (Phi) is 2.98. The molecule has 13 heavy (non-hydrogen) atoms. The third-order valence-electron chi connectivity index (χ3n) is 1.47. The molecule has 0 saturated carbocycles. The minimum Gasteiger partial charge on any atom is -0.355 e. The lowest BCUT2D eigenvalue weighted by atomic mass is 10.2. The summed E-state index contributed by atoms with van der Waals surface area (Å²) >= 11 is 2.80. The summed E-state index contributed by atoms with van der Waals surface area (Å²) in [6.07, 6.45) is 0. The van der Waals surface area contributed by atoms with Crippen LogP contribution in [0.25, 0.3) is 0 Å². The zero-order valence-electron chi connectivity index (χ0n) is 6.70. The van der Waals surface area contributed by atoms with Gasteiger partial charge in [0.15, 0.2) is 11.6 Å². The van der Waals surface area contributed by atoms with Crippen molar-refractivity contribution in [2.45, 2.75) is 0 Å². The molecule has 0 atom stereocenters. The molecular formula is C8H6BrF2NO. The second-order valence-corrected chi connectivity index (χ2v) is 3.19. The van der Waals surface area contributed by atoms with Gasteiger partial charge in [-0.3, -0.25) is 4.79 Å². The summed E-state index contributed by atoms with van der Waals surface area (Å²) < 4.78 is 25.4. The number of rotatable bonds is 1. The van der Waals surface area contributed by atoms with E-state index < -0.39 is 17.5 Å². The van der Waals surface area contributed by atoms with Crippen molar-refractivity contribution < 1.29 is 13.6 Å². The van der Waals surface area contributed by atoms with Crippen LogP contribution < -0.4 is 5.32 Å². The summed E-state index contributed by atoms with van der Waals surface area (Å²) in [5, 5.41) is 2.31. The third kappa shape index (κ3) is 2.03. The van der Waals surface area contributed by atoms with Crippen molar-refractivity contribution >= 4 is 21.8 Å². The zero-order valence-corrected chi connectivity index (χ0v) is 8.28. The Morgan fingerprint density at radius 3 is 2.54 bits per heavy atom. The van der Waals surface area contributed by atoms with Gasteiger partial charge in [0.25, 0.3) is 5.91 Å². The van der Waals surface area contributed by atoms with Gasteiger partial charge < -0.3 is 5.32 Å². The highest BCUT2D eigenvalue weighted by Crippen LogP contribution is 2.20. The summed E-state index contributed by atoms with van der Waals surface area (Å²) in [6.45, 7) is 0. The van der Waals surface area contributed by atoms with Gasteiger partial charge in [0.2, 0.25) is 0 Å². The van der Waals surface area contributed by atoms with Crippen molar-refractivity contribution in [1.82, 2.24) is 5.32 Å². The molecule has 1 amide bonds. The third-order valence-corrected chi connectivity index (χ3v) is 2.05. The molecule has 70 valence electrons. The van der Waals surface area contributed by atoms with Gasteiger partial charge >= 0.3 is 0 Å². The highest BCUT2D eigenvalue weighted by molar-refractivity contribution is 9.10. The van der Waals surface area contributed by atoms with E-state index in [-0.39, 0.29) is 10.0 Å². The Morgan fingerprint density at radius 2 is 2.08 bits per heavy atom. The van der Waals surface area contributed by atoms with E-state index >= 15 is 0 Å². The van der Waals surface area contributed by atoms with Crippen LogP contribution in [0.2, 0.25) is 0 Å². The number of carbonyl (C=O) groups excluding carboxylic acids is 1. The van der Waals surface area contributed by atoms with Crippen LogP contribution in [-0.4, -0.2) is 13.0 Å². The molecule has 1 N–H and O–H groups in total. The standard InChI is InChI=1S/C8H6BrF2NO/c1-12-8(13)4-2-5(9)7(11)6(10)3-4/h2-3H,1H3,(H,12,13). The Morgan fingerprint density at radius 1 is 1.46 bits per heavy atom. The van der Waals surface area contributed by atoms with Gasteiger partial charge in [0, 0.05) is 12.6 Å². The van der Waals surface area contributed by atoms with Crippen LogP contribution in [0.4, 0.5) is 8.78 Å². The number of carbonyl (C=O) groups is 1. The highest BCUT2D eigenvalue weighted by Gasteiger charge is 2.12. The molecule has 0 heterocycles. The summed E-state index contributed by atoms with van der Waals surface area (Å²) in [6, 6.07) is 2.07. The van der Waals surface area contributed by atoms with E-state index in [4.69, 9.17) is 0 Å². The predicted molar refractivity (Wildman–Crippen MR) is 47.4 cm³/mol. The number of benzene rings is 1. The molecule has 0 bridgehead atoms. The van der Waals surface area contributed by atoms with Crippen molar-refractivity contribution in [2.24, 2.45) is 0 Å². The van der Waals surface area contributed by atoms with Gasteiger partial charge in [-0.25, -0.2) is 8.78 Å². The second kappa shape index (κ2) is 3.83. The van der Waals surface area contributed by atoms with Gasteiger partial charge in [0.05, 0.1) is 4.47 Å². The number of hydrogen-bond acceptors (Lipinski definition) is 1. The molecule has 0 aliphatic rings. The van der Waals surface area contributed by atoms with E-state index in [0.717, 1.165) is 6.07 Å². The first kappa shape index (κ1) is 10.1. The molecule has 0 aliphatic heterocycles. The normalized spacial score (nSPS) is 9.85. The van der Waals surface area contributed by atoms with E-state index in [2.05, 4.69) is 21.2 Å². The molecule has 0 aliphatic carbocycles. The second-order valence-electron chi connectivity index (χ2n) is 2.33. The first-order valence-corrected chi connectivity index (χ1v) is 4.22. The van der Waals surface area contributed by atoms with Gasteiger partial charge in [-0.1, -0.05) is 0 Å². The van der Waals surface area contributed by atoms with E-state index in [9.17, 15) is 13.6 Å². The summed E-state index contributed by atoms with van der Waals surface area (Å²) in [5.41, 5.74) is 0.0771. The van der Waals surface area contributed by atoms with Crippen LogP contribution in [0, 0.1) is 11.6 Å². The molecule has 1 aromatic carbocycles. The molecular weight excluding hydrogens is 244 g/mol. The van der Waals surface area contributed by atoms with Gasteiger partial charge in [-0.2, -0.15) is 0 Å². The van der Waals surface area contributed by atoms with Crippen LogP contribution in [0.15, 0.2) is 16.6 Å². The molecule has 5 heteroatoms. The number of amides is 1. The van der Waals surface area contributed by atoms with Crippen LogP contribution in [0.5, 0.6) is 0 Å². The summed E-state index contributed by atoms with van der Waals surface area (Å²) in [4.78, 5) is 11.0. The van der Waals surface area contributed by atoms with E-state index in [0.29, 0.717) is 0 Å². The van der Waals surface area contributed by atoms with E-state index in [1.165, 1.54) is 13.1 Å². The lowest BCUT2D eigenvalue weighted by molar-refractivity contribution is 0.0962. The van der Waals surface area contributed by atoms with Gasteiger partial charge in [0.1, 0.15) is 0 Å². The topological polar surface area (TPSA) is 29.1 Å². The molecule has 0 radical (unpaired) electrons. The van der Waals surface area contributed by atoms with E-state index in [1.54, 1.807) is 0 Å². The fraction of sp³-hybridized carbons (Fsp3) is 0.125. The first-order chi connectivity index (χ1) is 6.06. The quantitative estimate of drug-likeness (QED) is 0.759. The Labute approximate surface area is 82.1 Å². The van der Waals surface area contributed by atoms with Crippen molar-refractivity contribution in [2.75, 3.05) is 7.05 Å². The van der Waals surface area contributed by atoms with Crippen molar-refractivity contribution in [1.29, 1.82) is 0 Å². The van der Waals surface area contributed by atoms with E-state index in [1.807, 2.05) is 0 Å². The Bertz CT molecular complexity index is 331. The summed E-state index contributed by atoms with van der Waals surface area (Å²) in [7, 11) is 1.41. The minimum atomic E-state index is -1.05. The number of halogens is 3. The number of hydrogen-bond donors (Lipinski definition) is 1. The molecule has 0 fully saturated rings. The monoisotopic (exact) mass is 249 g/mol. The van der Waals surface area contributed by atoms with Crippen molar-refractivity contribution in [3.63, 3.8) is 0 Å². The average Bonchev–Trinajstić information content (AvgIpc) is 2.12. The Balaban J connectivity index is 3.20. The maximum atomic E-state index is 12.8. The van der Waals surface area contributed by atoms with Crippen molar-refractivity contribution in [3.8, 4) is 0 Å². The first-order valence-electron chi connectivity index (χ1n) is 3.43. The zero-order chi connectivity index (χ0) is 10.0. The number of nitrogens with one attached hydrogen (secondary N) is 1.